The summed E-state index contributed by atoms with van der Waals surface area (Å²) in [6.07, 6.45) is 10.6. The zero-order valence-corrected chi connectivity index (χ0v) is 17.1. The summed E-state index contributed by atoms with van der Waals surface area (Å²) in [5, 5.41) is 2.34. The van der Waals surface area contributed by atoms with Gasteiger partial charge in [-0.1, -0.05) is 31.0 Å². The van der Waals surface area contributed by atoms with Gasteiger partial charge in [0.1, 0.15) is 6.54 Å². The van der Waals surface area contributed by atoms with Crippen molar-refractivity contribution in [1.29, 1.82) is 0 Å². The van der Waals surface area contributed by atoms with Gasteiger partial charge >= 0.3 is 0 Å². The van der Waals surface area contributed by atoms with Crippen LogP contribution >= 0.6 is 11.8 Å². The molecule has 1 saturated carbocycles. The first-order valence-corrected chi connectivity index (χ1v) is 10.6. The van der Waals surface area contributed by atoms with Crippen LogP contribution in [0.5, 0.6) is 0 Å². The van der Waals surface area contributed by atoms with Crippen molar-refractivity contribution in [3.8, 4) is 0 Å². The predicted octanol–water partition coefficient (Wildman–Crippen LogP) is 4.59. The van der Waals surface area contributed by atoms with Gasteiger partial charge in [0.15, 0.2) is 0 Å². The molecule has 1 aromatic carbocycles. The number of amides is 3. The summed E-state index contributed by atoms with van der Waals surface area (Å²) in [4.78, 5) is 38.6. The predicted molar refractivity (Wildman–Crippen MR) is 114 cm³/mol. The Morgan fingerprint density at radius 3 is 2.72 bits per heavy atom. The maximum atomic E-state index is 12.7. The van der Waals surface area contributed by atoms with Crippen LogP contribution in [0.25, 0.3) is 6.08 Å². The summed E-state index contributed by atoms with van der Waals surface area (Å²) in [5.41, 5.74) is 2.49. The number of imide groups is 1. The molecule has 2 heterocycles. The molecular weight excluding hydrogens is 386 g/mol. The Kier molecular flexibility index (Phi) is 5.58. The van der Waals surface area contributed by atoms with E-state index in [1.807, 2.05) is 43.6 Å². The van der Waals surface area contributed by atoms with Crippen LogP contribution in [0, 0.1) is 6.92 Å². The van der Waals surface area contributed by atoms with E-state index in [0.29, 0.717) is 16.6 Å². The molecule has 1 saturated heterocycles. The van der Waals surface area contributed by atoms with E-state index in [-0.39, 0.29) is 6.54 Å². The van der Waals surface area contributed by atoms with Crippen LogP contribution in [0.15, 0.2) is 47.6 Å². The first-order valence-electron chi connectivity index (χ1n) is 9.79. The molecule has 1 N–H and O–H groups in total. The zero-order valence-electron chi connectivity index (χ0n) is 16.3. The molecule has 29 heavy (non-hydrogen) atoms. The van der Waals surface area contributed by atoms with Crippen LogP contribution in [0.4, 0.5) is 10.5 Å². The lowest BCUT2D eigenvalue weighted by Crippen LogP contribution is -2.36. The molecule has 1 aliphatic heterocycles. The second-order valence-electron chi connectivity index (χ2n) is 7.46. The highest BCUT2D eigenvalue weighted by Gasteiger charge is 2.36. The van der Waals surface area contributed by atoms with Crippen LogP contribution in [0.1, 0.15) is 42.9 Å². The number of nitrogens with one attached hydrogen (secondary N) is 1. The normalized spacial score (nSPS) is 18.8. The van der Waals surface area contributed by atoms with Gasteiger partial charge in [-0.05, 0) is 60.9 Å². The Balaban J connectivity index is 1.42. The summed E-state index contributed by atoms with van der Waals surface area (Å²) in [6, 6.07) is 9.86. The summed E-state index contributed by atoms with van der Waals surface area (Å²) in [5.74, 6) is -0.816. The molecule has 2 aliphatic rings. The summed E-state index contributed by atoms with van der Waals surface area (Å²) < 4.78 is 2.19. The number of thioether (sulfide) groups is 1. The fourth-order valence-corrected chi connectivity index (χ4v) is 4.62. The van der Waals surface area contributed by atoms with E-state index in [1.165, 1.54) is 25.7 Å². The fourth-order valence-electron chi connectivity index (χ4n) is 3.78. The van der Waals surface area contributed by atoms with E-state index < -0.39 is 17.1 Å². The third-order valence-electron chi connectivity index (χ3n) is 5.38. The van der Waals surface area contributed by atoms with E-state index in [4.69, 9.17) is 0 Å². The topological polar surface area (TPSA) is 71.4 Å². The number of aryl methyl sites for hydroxylation is 1. The molecule has 2 fully saturated rings. The van der Waals surface area contributed by atoms with Crippen molar-refractivity contribution in [2.45, 2.75) is 38.6 Å². The van der Waals surface area contributed by atoms with Gasteiger partial charge in [-0.15, -0.1) is 0 Å². The Morgan fingerprint density at radius 2 is 1.97 bits per heavy atom. The highest BCUT2D eigenvalue weighted by atomic mass is 32.2. The van der Waals surface area contributed by atoms with Gasteiger partial charge in [-0.3, -0.25) is 19.3 Å². The zero-order chi connectivity index (χ0) is 20.4. The van der Waals surface area contributed by atoms with Crippen molar-refractivity contribution < 1.29 is 14.4 Å². The third kappa shape index (κ3) is 4.29. The molecule has 0 bridgehead atoms. The maximum Gasteiger partial charge on any atom is 0.294 e. The van der Waals surface area contributed by atoms with Crippen LogP contribution in [0.2, 0.25) is 0 Å². The smallest absolute Gasteiger partial charge is 0.294 e. The Labute approximate surface area is 174 Å². The lowest BCUT2D eigenvalue weighted by atomic mass is 10.2. The standard InChI is InChI=1S/C22H23N3O3S/c1-15-6-2-5-9-18(15)23-20(26)14-25-21(27)19(29-22(25)28)12-16-10-11-24(13-16)17-7-3-4-8-17/h2,5-6,9-13,17H,3-4,7-8,14H2,1H3,(H,23,26)/b19-12+. The van der Waals surface area contributed by atoms with E-state index in [1.54, 1.807) is 12.1 Å². The van der Waals surface area contributed by atoms with Gasteiger partial charge in [-0.2, -0.15) is 0 Å². The minimum atomic E-state index is -0.423. The van der Waals surface area contributed by atoms with Crippen molar-refractivity contribution in [1.82, 2.24) is 9.47 Å². The van der Waals surface area contributed by atoms with E-state index >= 15 is 0 Å². The molecular formula is C22H23N3O3S. The molecule has 1 aliphatic carbocycles. The molecule has 3 amide bonds. The lowest BCUT2D eigenvalue weighted by Gasteiger charge is -2.13. The van der Waals surface area contributed by atoms with Gasteiger partial charge in [0.05, 0.1) is 4.91 Å². The Bertz CT molecular complexity index is 989. The number of hydrogen-bond acceptors (Lipinski definition) is 4. The van der Waals surface area contributed by atoms with Crippen LogP contribution in [0.3, 0.4) is 0 Å². The molecule has 0 spiro atoms. The van der Waals surface area contributed by atoms with Gasteiger partial charge in [-0.25, -0.2) is 0 Å². The Hall–Kier alpha value is -2.80. The van der Waals surface area contributed by atoms with Gasteiger partial charge in [0.25, 0.3) is 11.1 Å². The van der Waals surface area contributed by atoms with Crippen molar-refractivity contribution >= 4 is 40.6 Å². The summed E-state index contributed by atoms with van der Waals surface area (Å²) in [6.45, 7) is 1.59. The molecule has 1 aromatic heterocycles. The van der Waals surface area contributed by atoms with Crippen molar-refractivity contribution in [2.24, 2.45) is 0 Å². The number of aromatic nitrogens is 1. The summed E-state index contributed by atoms with van der Waals surface area (Å²) in [7, 11) is 0. The number of rotatable bonds is 5. The molecule has 0 radical (unpaired) electrons. The number of benzene rings is 1. The lowest BCUT2D eigenvalue weighted by molar-refractivity contribution is -0.127. The molecule has 150 valence electrons. The minimum Gasteiger partial charge on any atom is -0.351 e. The summed E-state index contributed by atoms with van der Waals surface area (Å²) >= 11 is 0.879. The average molecular weight is 410 g/mol. The monoisotopic (exact) mass is 409 g/mol. The SMILES string of the molecule is Cc1ccccc1NC(=O)CN1C(=O)S/C(=C/c2ccn(C3CCCC3)c2)C1=O. The number of hydrogen-bond donors (Lipinski definition) is 1. The molecule has 0 atom stereocenters. The average Bonchev–Trinajstić information content (AvgIpc) is 3.42. The number of carbonyl (C=O) groups is 3. The number of nitrogens with zero attached hydrogens (tertiary/aromatic N) is 2. The maximum absolute atomic E-state index is 12.7. The molecule has 6 nitrogen and oxygen atoms in total. The molecule has 7 heteroatoms. The number of para-hydroxylation sites is 1. The van der Waals surface area contributed by atoms with E-state index in [2.05, 4.69) is 9.88 Å². The van der Waals surface area contributed by atoms with Gasteiger partial charge in [0, 0.05) is 24.1 Å². The largest absolute Gasteiger partial charge is 0.351 e. The fraction of sp³-hybridized carbons (Fsp3) is 0.318. The first kappa shape index (κ1) is 19.5. The van der Waals surface area contributed by atoms with Gasteiger partial charge < -0.3 is 9.88 Å². The number of carbonyl (C=O) groups excluding carboxylic acids is 3. The van der Waals surface area contributed by atoms with Crippen molar-refractivity contribution in [2.75, 3.05) is 11.9 Å². The second-order valence-corrected chi connectivity index (χ2v) is 8.45. The first-order chi connectivity index (χ1) is 14.0. The van der Waals surface area contributed by atoms with E-state index in [0.717, 1.165) is 27.8 Å². The van der Waals surface area contributed by atoms with Crippen LogP contribution in [-0.4, -0.2) is 33.1 Å². The van der Waals surface area contributed by atoms with Crippen LogP contribution in [-0.2, 0) is 9.59 Å². The minimum absolute atomic E-state index is 0.292. The molecule has 4 rings (SSSR count). The third-order valence-corrected chi connectivity index (χ3v) is 6.28. The second kappa shape index (κ2) is 8.29. The Morgan fingerprint density at radius 1 is 1.21 bits per heavy atom. The van der Waals surface area contributed by atoms with Crippen LogP contribution < -0.4 is 5.32 Å². The van der Waals surface area contributed by atoms with Crippen molar-refractivity contribution in [3.05, 3.63) is 58.8 Å². The van der Waals surface area contributed by atoms with Crippen molar-refractivity contribution in [3.63, 3.8) is 0 Å². The molecule has 0 unspecified atom stereocenters. The number of anilines is 1. The van der Waals surface area contributed by atoms with E-state index in [9.17, 15) is 14.4 Å². The molecule has 2 aromatic rings. The quantitative estimate of drug-likeness (QED) is 0.734. The highest BCUT2D eigenvalue weighted by Crippen LogP contribution is 2.33. The van der Waals surface area contributed by atoms with Gasteiger partial charge in [0.2, 0.25) is 5.91 Å². The highest BCUT2D eigenvalue weighted by molar-refractivity contribution is 8.18.